The van der Waals surface area contributed by atoms with E-state index < -0.39 is 5.97 Å². The van der Waals surface area contributed by atoms with E-state index in [1.807, 2.05) is 31.2 Å². The fourth-order valence-corrected chi connectivity index (χ4v) is 3.58. The maximum atomic E-state index is 11.9. The monoisotopic (exact) mass is 362 g/mol. The van der Waals surface area contributed by atoms with E-state index >= 15 is 0 Å². The molecule has 0 aliphatic heterocycles. The number of aryl methyl sites for hydroxylation is 1. The van der Waals surface area contributed by atoms with Gasteiger partial charge >= 0.3 is 5.97 Å². The molecule has 0 unspecified atom stereocenters. The van der Waals surface area contributed by atoms with Crippen LogP contribution in [-0.4, -0.2) is 26.2 Å². The van der Waals surface area contributed by atoms with Gasteiger partial charge in [0.1, 0.15) is 0 Å². The molecule has 0 saturated heterocycles. The summed E-state index contributed by atoms with van der Waals surface area (Å²) in [5, 5.41) is 12.9. The molecule has 0 N–H and O–H groups in total. The Morgan fingerprint density at radius 3 is 3.04 bits per heavy atom. The Balaban J connectivity index is 1.64. The van der Waals surface area contributed by atoms with E-state index in [4.69, 9.17) is 16.3 Å². The summed E-state index contributed by atoms with van der Waals surface area (Å²) in [6.45, 7) is 2.75. The van der Waals surface area contributed by atoms with Crippen LogP contribution >= 0.6 is 22.9 Å². The number of hydrogen-bond acceptors (Lipinski definition) is 6. The van der Waals surface area contributed by atoms with E-state index in [-0.39, 0.29) is 6.61 Å². The maximum absolute atomic E-state index is 11.9. The predicted molar refractivity (Wildman–Crippen MR) is 93.8 cm³/mol. The summed E-state index contributed by atoms with van der Waals surface area (Å²) >= 11 is 7.86. The molecule has 0 aliphatic carbocycles. The number of fused-ring (bicyclic) bond motifs is 1. The fraction of sp³-hybridized carbons (Fsp3) is 0.250. The Hall–Kier alpha value is -2.25. The molecule has 0 fully saturated rings. The summed E-state index contributed by atoms with van der Waals surface area (Å²) < 4.78 is 7.88. The van der Waals surface area contributed by atoms with E-state index in [1.54, 1.807) is 10.8 Å². The second kappa shape index (κ2) is 7.55. The third kappa shape index (κ3) is 3.63. The smallest absolute Gasteiger partial charge is 0.331 e. The molecular formula is C16H15ClN4O2S. The first-order chi connectivity index (χ1) is 11.7. The van der Waals surface area contributed by atoms with Crippen molar-refractivity contribution in [3.05, 3.63) is 46.1 Å². The average molecular weight is 363 g/mol. The minimum atomic E-state index is -0.463. The summed E-state index contributed by atoms with van der Waals surface area (Å²) in [5.74, 6) is 0.0630. The molecule has 0 atom stereocenters. The molecule has 0 saturated carbocycles. The van der Waals surface area contributed by atoms with Crippen LogP contribution in [0.2, 0.25) is 5.02 Å². The first-order valence-electron chi connectivity index (χ1n) is 7.46. The molecular weight excluding hydrogens is 348 g/mol. The molecule has 24 heavy (non-hydrogen) atoms. The molecule has 2 heterocycles. The number of nitrogens with zero attached hydrogens (tertiary/aromatic N) is 4. The number of ether oxygens (including phenoxy) is 1. The van der Waals surface area contributed by atoms with Gasteiger partial charge in [-0.15, -0.1) is 16.4 Å². The number of rotatable bonds is 6. The minimum absolute atomic E-state index is 0.0380. The average Bonchev–Trinajstić information content (AvgIpc) is 3.16. The van der Waals surface area contributed by atoms with Gasteiger partial charge in [-0.2, -0.15) is 0 Å². The number of carbonyl (C=O) groups is 1. The van der Waals surface area contributed by atoms with Crippen molar-refractivity contribution in [1.82, 2.24) is 20.2 Å². The molecule has 124 valence electrons. The van der Waals surface area contributed by atoms with Crippen molar-refractivity contribution in [3.63, 3.8) is 0 Å². The molecule has 0 bridgehead atoms. The van der Waals surface area contributed by atoms with Gasteiger partial charge in [-0.3, -0.25) is 0 Å². The van der Waals surface area contributed by atoms with E-state index in [9.17, 15) is 4.79 Å². The largest absolute Gasteiger partial charge is 0.454 e. The van der Waals surface area contributed by atoms with Gasteiger partial charge < -0.3 is 4.74 Å². The van der Waals surface area contributed by atoms with Crippen LogP contribution in [0.5, 0.6) is 0 Å². The number of carbonyl (C=O) groups excluding carboxylic acids is 1. The zero-order valence-corrected chi connectivity index (χ0v) is 14.5. The van der Waals surface area contributed by atoms with Crippen molar-refractivity contribution < 1.29 is 9.53 Å². The molecule has 1 aromatic carbocycles. The third-order valence-corrected chi connectivity index (χ3v) is 4.97. The first kappa shape index (κ1) is 16.6. The number of esters is 1. The molecule has 8 heteroatoms. The Bertz CT molecular complexity index is 887. The molecule has 3 aromatic rings. The fourth-order valence-electron chi connectivity index (χ4n) is 2.18. The normalized spacial score (nSPS) is 11.4. The van der Waals surface area contributed by atoms with Gasteiger partial charge in [-0.25, -0.2) is 9.48 Å². The molecule has 0 spiro atoms. The summed E-state index contributed by atoms with van der Waals surface area (Å²) in [6, 6.07) is 7.84. The molecule has 0 radical (unpaired) electrons. The van der Waals surface area contributed by atoms with Gasteiger partial charge in [0, 0.05) is 27.6 Å². The second-order valence-corrected chi connectivity index (χ2v) is 6.50. The highest BCUT2D eigenvalue weighted by molar-refractivity contribution is 7.20. The number of halogens is 1. The molecule has 0 amide bonds. The topological polar surface area (TPSA) is 69.9 Å². The lowest BCUT2D eigenvalue weighted by molar-refractivity contribution is -0.139. The lowest BCUT2D eigenvalue weighted by Gasteiger charge is -2.02. The summed E-state index contributed by atoms with van der Waals surface area (Å²) in [4.78, 5) is 12.7. The van der Waals surface area contributed by atoms with Crippen LogP contribution in [0.4, 0.5) is 0 Å². The third-order valence-electron chi connectivity index (χ3n) is 3.32. The zero-order chi connectivity index (χ0) is 16.9. The van der Waals surface area contributed by atoms with E-state index in [2.05, 4.69) is 15.5 Å². The molecule has 0 aliphatic rings. The Kier molecular flexibility index (Phi) is 5.22. The van der Waals surface area contributed by atoms with Crippen molar-refractivity contribution in [2.45, 2.75) is 26.5 Å². The van der Waals surface area contributed by atoms with Crippen LogP contribution in [0.3, 0.4) is 0 Å². The quantitative estimate of drug-likeness (QED) is 0.494. The van der Waals surface area contributed by atoms with Crippen molar-refractivity contribution in [3.8, 4) is 0 Å². The van der Waals surface area contributed by atoms with Gasteiger partial charge in [-0.05, 0) is 29.0 Å². The Labute approximate surface area is 147 Å². The van der Waals surface area contributed by atoms with Gasteiger partial charge in [0.25, 0.3) is 0 Å². The van der Waals surface area contributed by atoms with Crippen molar-refractivity contribution in [1.29, 1.82) is 0 Å². The maximum Gasteiger partial charge on any atom is 0.331 e. The minimum Gasteiger partial charge on any atom is -0.454 e. The number of thiophene rings is 1. The number of benzene rings is 1. The highest BCUT2D eigenvalue weighted by Gasteiger charge is 2.09. The highest BCUT2D eigenvalue weighted by atomic mass is 35.5. The van der Waals surface area contributed by atoms with Crippen LogP contribution in [0.25, 0.3) is 16.2 Å². The van der Waals surface area contributed by atoms with Crippen LogP contribution in [0.1, 0.15) is 24.0 Å². The summed E-state index contributed by atoms with van der Waals surface area (Å²) in [5.41, 5.74) is 0. The first-order valence-corrected chi connectivity index (χ1v) is 8.65. The number of tetrazole rings is 1. The van der Waals surface area contributed by atoms with E-state index in [1.165, 1.54) is 17.4 Å². The van der Waals surface area contributed by atoms with Gasteiger partial charge in [-0.1, -0.05) is 36.7 Å². The van der Waals surface area contributed by atoms with Crippen LogP contribution in [0.15, 0.2) is 30.3 Å². The van der Waals surface area contributed by atoms with Crippen molar-refractivity contribution in [2.24, 2.45) is 0 Å². The summed E-state index contributed by atoms with van der Waals surface area (Å²) in [6.07, 6.45) is 3.94. The highest BCUT2D eigenvalue weighted by Crippen LogP contribution is 2.35. The molecule has 2 aromatic heterocycles. The van der Waals surface area contributed by atoms with Crippen LogP contribution in [0, 0.1) is 0 Å². The zero-order valence-electron chi connectivity index (χ0n) is 13.0. The van der Waals surface area contributed by atoms with Gasteiger partial charge in [0.2, 0.25) is 0 Å². The number of hydrogen-bond donors (Lipinski definition) is 0. The van der Waals surface area contributed by atoms with Gasteiger partial charge in [0.15, 0.2) is 12.4 Å². The summed E-state index contributed by atoms with van der Waals surface area (Å²) in [7, 11) is 0. The SMILES string of the molecule is CCCn1nnnc1COC(=O)/C=C/c1sc2ccccc2c1Cl. The van der Waals surface area contributed by atoms with Crippen molar-refractivity contribution >= 4 is 45.1 Å². The molecule has 3 rings (SSSR count). The van der Waals surface area contributed by atoms with Crippen LogP contribution < -0.4 is 0 Å². The lowest BCUT2D eigenvalue weighted by Crippen LogP contribution is -2.09. The standard InChI is InChI=1S/C16H15ClN4O2S/c1-2-9-21-14(18-19-20-21)10-23-15(22)8-7-13-16(17)11-5-3-4-6-12(11)24-13/h3-8H,2,9-10H2,1H3/b8-7+. The van der Waals surface area contributed by atoms with Crippen molar-refractivity contribution in [2.75, 3.05) is 0 Å². The van der Waals surface area contributed by atoms with E-state index in [0.717, 1.165) is 21.4 Å². The number of aromatic nitrogens is 4. The van der Waals surface area contributed by atoms with Gasteiger partial charge in [0.05, 0.1) is 5.02 Å². The Morgan fingerprint density at radius 2 is 2.25 bits per heavy atom. The lowest BCUT2D eigenvalue weighted by atomic mass is 10.2. The Morgan fingerprint density at radius 1 is 1.42 bits per heavy atom. The van der Waals surface area contributed by atoms with E-state index in [0.29, 0.717) is 17.4 Å². The molecule has 6 nitrogen and oxygen atoms in total. The second-order valence-electron chi connectivity index (χ2n) is 5.04. The predicted octanol–water partition coefficient (Wildman–Crippen LogP) is 3.71. The van der Waals surface area contributed by atoms with Crippen LogP contribution in [-0.2, 0) is 22.7 Å².